The van der Waals surface area contributed by atoms with Crippen LogP contribution in [0.5, 0.6) is 0 Å². The van der Waals surface area contributed by atoms with Gasteiger partial charge in [0.1, 0.15) is 6.04 Å². The Hall–Kier alpha value is -2.65. The van der Waals surface area contributed by atoms with Crippen LogP contribution in [0.25, 0.3) is 0 Å². The first-order chi connectivity index (χ1) is 18.2. The molecule has 4 rings (SSSR count). The summed E-state index contributed by atoms with van der Waals surface area (Å²) in [6.07, 6.45) is 3.21. The Labute approximate surface area is 233 Å². The molecule has 10 heteroatoms. The molecule has 2 aliphatic rings. The third kappa shape index (κ3) is 7.05. The maximum atomic E-state index is 13.8. The van der Waals surface area contributed by atoms with Crippen molar-refractivity contribution in [1.29, 1.82) is 0 Å². The van der Waals surface area contributed by atoms with Gasteiger partial charge in [-0.3, -0.25) is 19.3 Å². The van der Waals surface area contributed by atoms with Crippen molar-refractivity contribution >= 4 is 40.9 Å². The normalized spacial score (nSPS) is 22.6. The number of halogens is 2. The van der Waals surface area contributed by atoms with Gasteiger partial charge in [-0.2, -0.15) is 0 Å². The first kappa shape index (κ1) is 28.4. The van der Waals surface area contributed by atoms with Gasteiger partial charge in [-0.15, -0.1) is 0 Å². The highest BCUT2D eigenvalue weighted by Gasteiger charge is 2.45. The Kier molecular flexibility index (Phi) is 9.65. The standard InChI is InChI=1S/C28H35Cl2N5O3/c29-22-9-7-19(14-23(22)30)16-33-27(37)24(10-11-26(32)36)34-13-12-21(8-6-18-4-2-1-3-5-18)35-17-20(31)15-25(35)28(34)38/h1-5,7,9,14,20-21,24-25H,6,8,10-13,15-17,31H2,(H2,32,36)(H,33,37)/t20-,21?,24-,25+/m1/s1. The van der Waals surface area contributed by atoms with Gasteiger partial charge in [-0.25, -0.2) is 0 Å². The fourth-order valence-electron chi connectivity index (χ4n) is 5.56. The number of nitrogens with one attached hydrogen (secondary N) is 1. The molecule has 0 spiro atoms. The smallest absolute Gasteiger partial charge is 0.243 e. The molecule has 5 N–H and O–H groups in total. The van der Waals surface area contributed by atoms with Crippen molar-refractivity contribution in [3.8, 4) is 0 Å². The molecule has 204 valence electrons. The minimum absolute atomic E-state index is 0.0000294. The molecule has 38 heavy (non-hydrogen) atoms. The predicted molar refractivity (Wildman–Crippen MR) is 148 cm³/mol. The number of aryl methyl sites for hydroxylation is 1. The first-order valence-corrected chi connectivity index (χ1v) is 13.8. The zero-order valence-corrected chi connectivity index (χ0v) is 22.8. The van der Waals surface area contributed by atoms with Crippen LogP contribution in [0.2, 0.25) is 10.0 Å². The van der Waals surface area contributed by atoms with Crippen molar-refractivity contribution in [2.24, 2.45) is 11.5 Å². The molecule has 0 saturated carbocycles. The molecule has 3 amide bonds. The van der Waals surface area contributed by atoms with Crippen molar-refractivity contribution in [3.63, 3.8) is 0 Å². The van der Waals surface area contributed by atoms with E-state index in [4.69, 9.17) is 34.7 Å². The molecule has 0 aromatic heterocycles. The van der Waals surface area contributed by atoms with E-state index in [2.05, 4.69) is 22.3 Å². The highest BCUT2D eigenvalue weighted by Crippen LogP contribution is 2.30. The van der Waals surface area contributed by atoms with Crippen LogP contribution in [-0.4, -0.2) is 64.8 Å². The van der Waals surface area contributed by atoms with Crippen molar-refractivity contribution in [2.75, 3.05) is 13.1 Å². The first-order valence-electron chi connectivity index (χ1n) is 13.1. The predicted octanol–water partition coefficient (Wildman–Crippen LogP) is 2.88. The summed E-state index contributed by atoms with van der Waals surface area (Å²) in [5.74, 6) is -0.957. The Balaban J connectivity index is 1.51. The molecule has 2 aromatic rings. The highest BCUT2D eigenvalue weighted by molar-refractivity contribution is 6.42. The van der Waals surface area contributed by atoms with E-state index in [0.29, 0.717) is 29.6 Å². The zero-order valence-electron chi connectivity index (χ0n) is 21.3. The van der Waals surface area contributed by atoms with Crippen molar-refractivity contribution < 1.29 is 14.4 Å². The molecule has 2 aromatic carbocycles. The lowest BCUT2D eigenvalue weighted by Gasteiger charge is -2.32. The number of carbonyl (C=O) groups excluding carboxylic acids is 3. The molecule has 0 radical (unpaired) electrons. The Bertz CT molecular complexity index is 1150. The summed E-state index contributed by atoms with van der Waals surface area (Å²) >= 11 is 12.1. The van der Waals surface area contributed by atoms with E-state index in [1.54, 1.807) is 23.1 Å². The van der Waals surface area contributed by atoms with Gasteiger partial charge >= 0.3 is 0 Å². The van der Waals surface area contributed by atoms with Crippen LogP contribution in [0.3, 0.4) is 0 Å². The van der Waals surface area contributed by atoms with Gasteiger partial charge in [0.2, 0.25) is 17.7 Å². The minimum atomic E-state index is -0.815. The molecule has 2 fully saturated rings. The topological polar surface area (TPSA) is 122 Å². The van der Waals surface area contributed by atoms with Gasteiger partial charge in [0.25, 0.3) is 0 Å². The summed E-state index contributed by atoms with van der Waals surface area (Å²) in [4.78, 5) is 42.8. The number of benzene rings is 2. The second-order valence-electron chi connectivity index (χ2n) is 10.2. The quantitative estimate of drug-likeness (QED) is 0.413. The monoisotopic (exact) mass is 559 g/mol. The van der Waals surface area contributed by atoms with E-state index >= 15 is 0 Å². The SMILES string of the molecule is NC(=O)CC[C@H](C(=O)NCc1ccc(Cl)c(Cl)c1)N1CCC(CCc2ccccc2)N2C[C@H](N)C[C@H]2C1=O. The number of hydrogen-bond donors (Lipinski definition) is 3. The van der Waals surface area contributed by atoms with Gasteiger partial charge in [0, 0.05) is 38.1 Å². The molecule has 4 atom stereocenters. The van der Waals surface area contributed by atoms with Crippen LogP contribution < -0.4 is 16.8 Å². The number of nitrogens with zero attached hydrogens (tertiary/aromatic N) is 2. The highest BCUT2D eigenvalue weighted by atomic mass is 35.5. The number of carbonyl (C=O) groups is 3. The van der Waals surface area contributed by atoms with Crippen LogP contribution in [0, 0.1) is 0 Å². The lowest BCUT2D eigenvalue weighted by Crippen LogP contribution is -2.53. The Morgan fingerprint density at radius 2 is 1.84 bits per heavy atom. The fourth-order valence-corrected chi connectivity index (χ4v) is 5.88. The van der Waals surface area contributed by atoms with Gasteiger partial charge in [0.05, 0.1) is 16.1 Å². The van der Waals surface area contributed by atoms with E-state index in [-0.39, 0.29) is 49.3 Å². The number of nitrogens with two attached hydrogens (primary N) is 2. The van der Waals surface area contributed by atoms with E-state index in [1.165, 1.54) is 5.56 Å². The van der Waals surface area contributed by atoms with Gasteiger partial charge in [-0.05, 0) is 55.4 Å². The maximum absolute atomic E-state index is 13.8. The van der Waals surface area contributed by atoms with Gasteiger partial charge in [0.15, 0.2) is 0 Å². The second kappa shape index (κ2) is 12.9. The van der Waals surface area contributed by atoms with Crippen molar-refractivity contribution in [2.45, 2.75) is 69.2 Å². The lowest BCUT2D eigenvalue weighted by atomic mass is 10.0. The number of primary amides is 1. The molecule has 8 nitrogen and oxygen atoms in total. The maximum Gasteiger partial charge on any atom is 0.243 e. The van der Waals surface area contributed by atoms with Crippen molar-refractivity contribution in [3.05, 3.63) is 69.7 Å². The molecule has 0 aliphatic carbocycles. The van der Waals surface area contributed by atoms with E-state index in [0.717, 1.165) is 24.8 Å². The van der Waals surface area contributed by atoms with Crippen LogP contribution in [0.4, 0.5) is 0 Å². The summed E-state index contributed by atoms with van der Waals surface area (Å²) in [5.41, 5.74) is 13.8. The van der Waals surface area contributed by atoms with Gasteiger partial charge < -0.3 is 21.7 Å². The molecule has 2 heterocycles. The second-order valence-corrected chi connectivity index (χ2v) is 11.0. The van der Waals surface area contributed by atoms with Crippen LogP contribution in [-0.2, 0) is 27.3 Å². The van der Waals surface area contributed by atoms with Crippen molar-refractivity contribution in [1.82, 2.24) is 15.1 Å². The van der Waals surface area contributed by atoms with E-state index < -0.39 is 11.9 Å². The molecule has 0 bridgehead atoms. The van der Waals surface area contributed by atoms with Gasteiger partial charge in [-0.1, -0.05) is 59.6 Å². The lowest BCUT2D eigenvalue weighted by molar-refractivity contribution is -0.143. The number of amides is 3. The fraction of sp³-hybridized carbons (Fsp3) is 0.464. The number of fused-ring (bicyclic) bond motifs is 1. The number of rotatable bonds is 10. The summed E-state index contributed by atoms with van der Waals surface area (Å²) in [5, 5.41) is 3.73. The summed E-state index contributed by atoms with van der Waals surface area (Å²) in [6.45, 7) is 1.29. The molecule has 1 unspecified atom stereocenters. The average molecular weight is 561 g/mol. The third-order valence-electron chi connectivity index (χ3n) is 7.51. The Morgan fingerprint density at radius 3 is 2.55 bits per heavy atom. The molecular formula is C28H35Cl2N5O3. The average Bonchev–Trinajstić information content (AvgIpc) is 3.24. The largest absolute Gasteiger partial charge is 0.370 e. The van der Waals surface area contributed by atoms with E-state index in [9.17, 15) is 14.4 Å². The Morgan fingerprint density at radius 1 is 1.08 bits per heavy atom. The minimum Gasteiger partial charge on any atom is -0.370 e. The van der Waals surface area contributed by atoms with E-state index in [1.807, 2.05) is 18.2 Å². The third-order valence-corrected chi connectivity index (χ3v) is 8.25. The van der Waals surface area contributed by atoms with Crippen LogP contribution in [0.15, 0.2) is 48.5 Å². The molecular weight excluding hydrogens is 525 g/mol. The summed E-state index contributed by atoms with van der Waals surface area (Å²) in [7, 11) is 0. The molecule has 2 saturated heterocycles. The summed E-state index contributed by atoms with van der Waals surface area (Å²) in [6, 6.07) is 14.3. The number of hydrogen-bond acceptors (Lipinski definition) is 5. The van der Waals surface area contributed by atoms with Crippen LogP contribution >= 0.6 is 23.2 Å². The molecule has 2 aliphatic heterocycles. The summed E-state index contributed by atoms with van der Waals surface area (Å²) < 4.78 is 0. The zero-order chi connectivity index (χ0) is 27.2. The van der Waals surface area contributed by atoms with Crippen LogP contribution in [0.1, 0.15) is 43.2 Å².